The van der Waals surface area contributed by atoms with Crippen molar-refractivity contribution in [1.29, 1.82) is 0 Å². The monoisotopic (exact) mass is 431 g/mol. The molecule has 9 nitrogen and oxygen atoms in total. The SMILES string of the molecule is COCCn1c(NC(=O)c2cccnc2Oc2ccccc2C(N)=O)nc2ccccc21. The molecule has 2 heterocycles. The second kappa shape index (κ2) is 9.27. The van der Waals surface area contributed by atoms with Crippen LogP contribution < -0.4 is 15.8 Å². The molecule has 0 bridgehead atoms. The Morgan fingerprint density at radius 1 is 1.03 bits per heavy atom. The summed E-state index contributed by atoms with van der Waals surface area (Å²) in [6.45, 7) is 0.962. The van der Waals surface area contributed by atoms with Crippen molar-refractivity contribution in [2.24, 2.45) is 5.73 Å². The van der Waals surface area contributed by atoms with Gasteiger partial charge in [-0.05, 0) is 36.4 Å². The summed E-state index contributed by atoms with van der Waals surface area (Å²) in [5, 5.41) is 2.83. The first-order valence-corrected chi connectivity index (χ1v) is 9.85. The Labute approximate surface area is 183 Å². The van der Waals surface area contributed by atoms with Gasteiger partial charge in [0.05, 0.1) is 23.2 Å². The van der Waals surface area contributed by atoms with E-state index < -0.39 is 11.8 Å². The molecule has 2 aromatic heterocycles. The average Bonchev–Trinajstić information content (AvgIpc) is 3.15. The molecule has 0 aliphatic rings. The summed E-state index contributed by atoms with van der Waals surface area (Å²) in [6.07, 6.45) is 1.49. The Hall–Kier alpha value is -4.24. The number of para-hydroxylation sites is 3. The van der Waals surface area contributed by atoms with Gasteiger partial charge in [0.15, 0.2) is 0 Å². The molecule has 0 radical (unpaired) electrons. The van der Waals surface area contributed by atoms with Crippen LogP contribution in [0.2, 0.25) is 0 Å². The zero-order valence-corrected chi connectivity index (χ0v) is 17.3. The highest BCUT2D eigenvalue weighted by Gasteiger charge is 2.20. The molecule has 32 heavy (non-hydrogen) atoms. The van der Waals surface area contributed by atoms with Gasteiger partial charge in [0, 0.05) is 19.9 Å². The van der Waals surface area contributed by atoms with E-state index in [1.54, 1.807) is 43.5 Å². The molecular formula is C23H21N5O4. The van der Waals surface area contributed by atoms with Gasteiger partial charge < -0.3 is 19.8 Å². The molecule has 9 heteroatoms. The van der Waals surface area contributed by atoms with Crippen LogP contribution in [0.15, 0.2) is 66.9 Å². The van der Waals surface area contributed by atoms with Gasteiger partial charge in [-0.3, -0.25) is 14.9 Å². The van der Waals surface area contributed by atoms with Gasteiger partial charge in [-0.25, -0.2) is 9.97 Å². The third kappa shape index (κ3) is 4.28. The molecule has 0 aliphatic heterocycles. The van der Waals surface area contributed by atoms with Gasteiger partial charge in [0.25, 0.3) is 11.8 Å². The standard InChI is InChI=1S/C23H21N5O4/c1-31-14-13-28-18-10-4-3-9-17(18)26-23(28)27-21(30)16-8-6-12-25-22(16)32-19-11-5-2-7-15(19)20(24)29/h2-12H,13-14H2,1H3,(H2,24,29)(H,26,27,30). The fourth-order valence-electron chi connectivity index (χ4n) is 3.26. The molecule has 0 aliphatic carbocycles. The number of hydrogen-bond acceptors (Lipinski definition) is 6. The van der Waals surface area contributed by atoms with Crippen molar-refractivity contribution in [3.63, 3.8) is 0 Å². The number of carbonyl (C=O) groups is 2. The van der Waals surface area contributed by atoms with Crippen LogP contribution in [0.4, 0.5) is 5.95 Å². The molecule has 3 N–H and O–H groups in total. The van der Waals surface area contributed by atoms with Crippen LogP contribution in [0.25, 0.3) is 11.0 Å². The fraction of sp³-hybridized carbons (Fsp3) is 0.130. The van der Waals surface area contributed by atoms with Gasteiger partial charge in [-0.1, -0.05) is 24.3 Å². The Balaban J connectivity index is 1.65. The van der Waals surface area contributed by atoms with Crippen LogP contribution in [-0.2, 0) is 11.3 Å². The summed E-state index contributed by atoms with van der Waals surface area (Å²) < 4.78 is 12.9. The summed E-state index contributed by atoms with van der Waals surface area (Å²) in [5.74, 6) is -0.480. The summed E-state index contributed by atoms with van der Waals surface area (Å²) in [5.41, 5.74) is 7.41. The van der Waals surface area contributed by atoms with E-state index in [4.69, 9.17) is 15.2 Å². The van der Waals surface area contributed by atoms with Gasteiger partial charge >= 0.3 is 0 Å². The molecule has 0 atom stereocenters. The number of primary amides is 1. The van der Waals surface area contributed by atoms with E-state index >= 15 is 0 Å². The molecule has 2 aromatic carbocycles. The third-order valence-electron chi connectivity index (χ3n) is 4.77. The van der Waals surface area contributed by atoms with Gasteiger partial charge in [-0.2, -0.15) is 0 Å². The molecule has 4 rings (SSSR count). The van der Waals surface area contributed by atoms with E-state index in [1.165, 1.54) is 6.20 Å². The van der Waals surface area contributed by atoms with Crippen molar-refractivity contribution in [1.82, 2.24) is 14.5 Å². The van der Waals surface area contributed by atoms with Crippen molar-refractivity contribution in [3.8, 4) is 11.6 Å². The predicted molar refractivity (Wildman–Crippen MR) is 119 cm³/mol. The Morgan fingerprint density at radius 3 is 2.59 bits per heavy atom. The smallest absolute Gasteiger partial charge is 0.263 e. The molecule has 0 spiro atoms. The number of nitrogens with zero attached hydrogens (tertiary/aromatic N) is 3. The average molecular weight is 431 g/mol. The van der Waals surface area contributed by atoms with E-state index in [0.29, 0.717) is 19.1 Å². The van der Waals surface area contributed by atoms with E-state index in [2.05, 4.69) is 15.3 Å². The number of anilines is 1. The maximum atomic E-state index is 13.1. The first-order chi connectivity index (χ1) is 15.6. The fourth-order valence-corrected chi connectivity index (χ4v) is 3.26. The Kier molecular flexibility index (Phi) is 6.09. The maximum Gasteiger partial charge on any atom is 0.263 e. The number of imidazole rings is 1. The van der Waals surface area contributed by atoms with Crippen molar-refractivity contribution < 1.29 is 19.1 Å². The summed E-state index contributed by atoms with van der Waals surface area (Å²) >= 11 is 0. The highest BCUT2D eigenvalue weighted by Crippen LogP contribution is 2.27. The van der Waals surface area contributed by atoms with Crippen molar-refractivity contribution in [2.75, 3.05) is 19.0 Å². The summed E-state index contributed by atoms with van der Waals surface area (Å²) in [4.78, 5) is 33.5. The molecule has 0 saturated heterocycles. The number of ether oxygens (including phenoxy) is 2. The lowest BCUT2D eigenvalue weighted by Gasteiger charge is -2.13. The second-order valence-corrected chi connectivity index (χ2v) is 6.84. The van der Waals surface area contributed by atoms with Crippen LogP contribution in [0.3, 0.4) is 0 Å². The number of fused-ring (bicyclic) bond motifs is 1. The van der Waals surface area contributed by atoms with Gasteiger partial charge in [0.1, 0.15) is 11.3 Å². The number of benzene rings is 2. The first-order valence-electron chi connectivity index (χ1n) is 9.85. The topological polar surface area (TPSA) is 121 Å². The summed E-state index contributed by atoms with van der Waals surface area (Å²) in [6, 6.07) is 17.3. The molecule has 4 aromatic rings. The zero-order valence-electron chi connectivity index (χ0n) is 17.3. The largest absolute Gasteiger partial charge is 0.437 e. The molecular weight excluding hydrogens is 410 g/mol. The predicted octanol–water partition coefficient (Wildman–Crippen LogP) is 3.22. The van der Waals surface area contributed by atoms with E-state index in [0.717, 1.165) is 11.0 Å². The maximum absolute atomic E-state index is 13.1. The number of aromatic nitrogens is 3. The minimum absolute atomic E-state index is 0.0400. The molecule has 0 fully saturated rings. The second-order valence-electron chi connectivity index (χ2n) is 6.84. The Morgan fingerprint density at radius 2 is 1.78 bits per heavy atom. The number of methoxy groups -OCH3 is 1. The lowest BCUT2D eigenvalue weighted by molar-refractivity contribution is 0.0997. The molecule has 162 valence electrons. The number of pyridine rings is 1. The molecule has 2 amide bonds. The number of amides is 2. The van der Waals surface area contributed by atoms with Gasteiger partial charge in [0.2, 0.25) is 11.8 Å². The lowest BCUT2D eigenvalue weighted by Crippen LogP contribution is -2.18. The minimum Gasteiger partial charge on any atom is -0.437 e. The highest BCUT2D eigenvalue weighted by atomic mass is 16.5. The number of carbonyl (C=O) groups excluding carboxylic acids is 2. The molecule has 0 saturated carbocycles. The van der Waals surface area contributed by atoms with Crippen LogP contribution in [0, 0.1) is 0 Å². The zero-order chi connectivity index (χ0) is 22.5. The highest BCUT2D eigenvalue weighted by molar-refractivity contribution is 6.05. The molecule has 0 unspecified atom stereocenters. The van der Waals surface area contributed by atoms with Crippen molar-refractivity contribution in [2.45, 2.75) is 6.54 Å². The third-order valence-corrected chi connectivity index (χ3v) is 4.77. The minimum atomic E-state index is -0.644. The van der Waals surface area contributed by atoms with Crippen LogP contribution in [0.5, 0.6) is 11.6 Å². The van der Waals surface area contributed by atoms with Crippen molar-refractivity contribution in [3.05, 3.63) is 78.0 Å². The number of nitrogens with one attached hydrogen (secondary N) is 1. The number of rotatable bonds is 8. The van der Waals surface area contributed by atoms with Crippen molar-refractivity contribution >= 4 is 28.8 Å². The van der Waals surface area contributed by atoms with Crippen LogP contribution in [-0.4, -0.2) is 40.1 Å². The number of nitrogens with two attached hydrogens (primary N) is 1. The number of hydrogen-bond donors (Lipinski definition) is 2. The quantitative estimate of drug-likeness (QED) is 0.442. The van der Waals surface area contributed by atoms with Crippen LogP contribution >= 0.6 is 0 Å². The van der Waals surface area contributed by atoms with E-state index in [-0.39, 0.29) is 22.8 Å². The lowest BCUT2D eigenvalue weighted by atomic mass is 10.2. The van der Waals surface area contributed by atoms with Crippen LogP contribution in [0.1, 0.15) is 20.7 Å². The Bertz CT molecular complexity index is 1280. The first kappa shape index (κ1) is 21.0. The summed E-state index contributed by atoms with van der Waals surface area (Å²) in [7, 11) is 1.61. The van der Waals surface area contributed by atoms with Gasteiger partial charge in [-0.15, -0.1) is 0 Å². The normalized spacial score (nSPS) is 10.8. The van der Waals surface area contributed by atoms with E-state index in [1.807, 2.05) is 28.8 Å². The van der Waals surface area contributed by atoms with E-state index in [9.17, 15) is 9.59 Å².